The fourth-order valence-electron chi connectivity index (χ4n) is 4.24. The summed E-state index contributed by atoms with van der Waals surface area (Å²) >= 11 is 0. The molecule has 0 bridgehead atoms. The van der Waals surface area contributed by atoms with Gasteiger partial charge in [-0.1, -0.05) is 0 Å². The molecule has 1 aromatic carbocycles. The van der Waals surface area contributed by atoms with Gasteiger partial charge >= 0.3 is 12.1 Å². The van der Waals surface area contributed by atoms with Crippen molar-refractivity contribution in [2.75, 3.05) is 49.5 Å². The van der Waals surface area contributed by atoms with E-state index in [0.29, 0.717) is 18.8 Å². The first-order chi connectivity index (χ1) is 14.3. The molecule has 2 N–H and O–H groups in total. The summed E-state index contributed by atoms with van der Waals surface area (Å²) < 4.78 is 44.7. The van der Waals surface area contributed by atoms with Crippen molar-refractivity contribution in [3.05, 3.63) is 23.8 Å². The van der Waals surface area contributed by atoms with E-state index in [1.807, 2.05) is 4.90 Å². The lowest BCUT2D eigenvalue weighted by molar-refractivity contribution is -0.899. The molecule has 2 aliphatic heterocycles. The summed E-state index contributed by atoms with van der Waals surface area (Å²) in [5, 5.41) is 2.70. The number of amides is 1. The van der Waals surface area contributed by atoms with Crippen LogP contribution in [-0.4, -0.2) is 51.2 Å². The van der Waals surface area contributed by atoms with Crippen molar-refractivity contribution in [3.63, 3.8) is 0 Å². The zero-order valence-electron chi connectivity index (χ0n) is 17.2. The molecule has 2 heterocycles. The van der Waals surface area contributed by atoms with Crippen LogP contribution in [0.5, 0.6) is 0 Å². The highest BCUT2D eigenvalue weighted by atomic mass is 19.4. The van der Waals surface area contributed by atoms with Crippen LogP contribution in [0.2, 0.25) is 0 Å². The molecular weight excluding hydrogens is 399 g/mol. The monoisotopic (exact) mass is 428 g/mol. The number of likely N-dealkylation sites (tertiary alicyclic amines) is 1. The van der Waals surface area contributed by atoms with Crippen LogP contribution in [0.3, 0.4) is 0 Å². The Bertz CT molecular complexity index is 764. The number of nitrogens with zero attached hydrogens (tertiary/aromatic N) is 1. The third kappa shape index (κ3) is 5.65. The summed E-state index contributed by atoms with van der Waals surface area (Å²) in [5.74, 6) is -0.839. The number of benzene rings is 1. The standard InChI is InChI=1S/C21H28F3N3O3/c1-2-30-20(29)15-6-5-9-26(13-15)14-19(28)25-17-12-16(21(22,23)24)7-8-18(17)27-10-3-4-11-27/h7-8,12,15H,2-6,9-11,13-14H2,1H3,(H,25,28)/p+1/t15-/m1/s1. The number of quaternary nitrogens is 1. The maximum atomic E-state index is 13.2. The van der Waals surface area contributed by atoms with Gasteiger partial charge in [0.1, 0.15) is 5.92 Å². The number of rotatable bonds is 6. The van der Waals surface area contributed by atoms with Crippen molar-refractivity contribution in [2.24, 2.45) is 5.92 Å². The first-order valence-electron chi connectivity index (χ1n) is 10.5. The highest BCUT2D eigenvalue weighted by Crippen LogP contribution is 2.36. The maximum absolute atomic E-state index is 13.2. The van der Waals surface area contributed by atoms with Gasteiger partial charge in [0.25, 0.3) is 5.91 Å². The molecule has 2 fully saturated rings. The number of ether oxygens (including phenoxy) is 1. The van der Waals surface area contributed by atoms with E-state index in [4.69, 9.17) is 4.74 Å². The minimum Gasteiger partial charge on any atom is -0.466 e. The minimum atomic E-state index is -4.48. The Labute approximate surface area is 174 Å². The summed E-state index contributed by atoms with van der Waals surface area (Å²) in [6, 6.07) is 3.51. The summed E-state index contributed by atoms with van der Waals surface area (Å²) in [6.07, 6.45) is -0.997. The average Bonchev–Trinajstić information content (AvgIpc) is 3.22. The second-order valence-electron chi connectivity index (χ2n) is 7.94. The number of anilines is 2. The van der Waals surface area contributed by atoms with Crippen LogP contribution in [0.15, 0.2) is 18.2 Å². The largest absolute Gasteiger partial charge is 0.466 e. The van der Waals surface area contributed by atoms with E-state index in [9.17, 15) is 22.8 Å². The van der Waals surface area contributed by atoms with Crippen molar-refractivity contribution in [1.82, 2.24) is 0 Å². The van der Waals surface area contributed by atoms with E-state index in [0.717, 1.165) is 62.4 Å². The second-order valence-corrected chi connectivity index (χ2v) is 7.94. The molecule has 0 saturated carbocycles. The van der Waals surface area contributed by atoms with E-state index in [1.54, 1.807) is 6.92 Å². The Hall–Kier alpha value is -2.29. The Morgan fingerprint density at radius 3 is 2.63 bits per heavy atom. The van der Waals surface area contributed by atoms with Crippen molar-refractivity contribution in [1.29, 1.82) is 0 Å². The fourth-order valence-corrected chi connectivity index (χ4v) is 4.24. The summed E-state index contributed by atoms with van der Waals surface area (Å²) in [7, 11) is 0. The molecule has 0 radical (unpaired) electrons. The predicted octanol–water partition coefficient (Wildman–Crippen LogP) is 2.10. The van der Waals surface area contributed by atoms with Crippen molar-refractivity contribution in [2.45, 2.75) is 38.8 Å². The van der Waals surface area contributed by atoms with Gasteiger partial charge in [-0.3, -0.25) is 9.59 Å². The third-order valence-corrected chi connectivity index (χ3v) is 5.69. The highest BCUT2D eigenvalue weighted by Gasteiger charge is 2.33. The van der Waals surface area contributed by atoms with E-state index >= 15 is 0 Å². The van der Waals surface area contributed by atoms with Gasteiger partial charge in [0, 0.05) is 13.1 Å². The zero-order valence-corrected chi connectivity index (χ0v) is 17.2. The molecule has 30 heavy (non-hydrogen) atoms. The molecule has 0 aromatic heterocycles. The Morgan fingerprint density at radius 2 is 1.97 bits per heavy atom. The molecule has 3 rings (SSSR count). The average molecular weight is 428 g/mol. The van der Waals surface area contributed by atoms with Crippen LogP contribution in [-0.2, 0) is 20.5 Å². The smallest absolute Gasteiger partial charge is 0.416 e. The summed E-state index contributed by atoms with van der Waals surface area (Å²) in [6.45, 7) is 4.93. The number of piperidine rings is 1. The fraction of sp³-hybridized carbons (Fsp3) is 0.619. The van der Waals surface area contributed by atoms with Gasteiger partial charge in [-0.2, -0.15) is 13.2 Å². The lowest BCUT2D eigenvalue weighted by Gasteiger charge is -2.28. The number of hydrogen-bond acceptors (Lipinski definition) is 4. The van der Waals surface area contributed by atoms with Gasteiger partial charge in [0.2, 0.25) is 0 Å². The topological polar surface area (TPSA) is 63.1 Å². The quantitative estimate of drug-likeness (QED) is 0.682. The number of carbonyl (C=O) groups excluding carboxylic acids is 2. The molecule has 2 saturated heterocycles. The number of hydrogen-bond donors (Lipinski definition) is 2. The first-order valence-corrected chi connectivity index (χ1v) is 10.5. The van der Waals surface area contributed by atoms with E-state index < -0.39 is 11.7 Å². The molecule has 1 unspecified atom stereocenters. The predicted molar refractivity (Wildman–Crippen MR) is 106 cm³/mol. The SMILES string of the molecule is CCOC(=O)[C@@H]1CCC[NH+](CC(=O)Nc2cc(C(F)(F)F)ccc2N2CCCC2)C1. The van der Waals surface area contributed by atoms with Gasteiger partial charge in [-0.15, -0.1) is 0 Å². The first kappa shape index (κ1) is 22.4. The molecule has 0 aliphatic carbocycles. The van der Waals surface area contributed by atoms with Crippen molar-refractivity contribution >= 4 is 23.3 Å². The lowest BCUT2D eigenvalue weighted by Crippen LogP contribution is -3.14. The van der Waals surface area contributed by atoms with Crippen molar-refractivity contribution in [3.8, 4) is 0 Å². The second kappa shape index (κ2) is 9.68. The van der Waals surface area contributed by atoms with Crippen LogP contribution in [0, 0.1) is 5.92 Å². The van der Waals surface area contributed by atoms with Gasteiger partial charge in [-0.25, -0.2) is 0 Å². The molecule has 1 aromatic rings. The molecule has 2 aliphatic rings. The highest BCUT2D eigenvalue weighted by molar-refractivity contribution is 5.95. The number of carbonyl (C=O) groups is 2. The third-order valence-electron chi connectivity index (χ3n) is 5.69. The molecule has 166 valence electrons. The van der Waals surface area contributed by atoms with Crippen LogP contribution in [0.4, 0.5) is 24.5 Å². The number of esters is 1. The van der Waals surface area contributed by atoms with Crippen LogP contribution in [0.1, 0.15) is 38.2 Å². The maximum Gasteiger partial charge on any atom is 0.416 e. The molecule has 2 atom stereocenters. The Balaban J connectivity index is 1.69. The number of nitrogens with one attached hydrogen (secondary N) is 2. The van der Waals surface area contributed by atoms with Gasteiger partial charge in [-0.05, 0) is 50.8 Å². The van der Waals surface area contributed by atoms with Crippen LogP contribution in [0.25, 0.3) is 0 Å². The van der Waals surface area contributed by atoms with E-state index in [1.165, 1.54) is 6.07 Å². The molecule has 1 amide bonds. The molecular formula is C21H29F3N3O3+. The van der Waals surface area contributed by atoms with Crippen LogP contribution >= 0.6 is 0 Å². The lowest BCUT2D eigenvalue weighted by atomic mass is 9.98. The summed E-state index contributed by atoms with van der Waals surface area (Å²) in [4.78, 5) is 27.6. The summed E-state index contributed by atoms with van der Waals surface area (Å²) in [5.41, 5.74) is 0.0235. The molecule has 6 nitrogen and oxygen atoms in total. The van der Waals surface area contributed by atoms with E-state index in [-0.39, 0.29) is 30.0 Å². The van der Waals surface area contributed by atoms with Gasteiger partial charge < -0.3 is 19.9 Å². The van der Waals surface area contributed by atoms with E-state index in [2.05, 4.69) is 5.32 Å². The van der Waals surface area contributed by atoms with Crippen LogP contribution < -0.4 is 15.1 Å². The molecule has 9 heteroatoms. The molecule has 0 spiro atoms. The zero-order chi connectivity index (χ0) is 21.7. The Kier molecular flexibility index (Phi) is 7.23. The minimum absolute atomic E-state index is 0.103. The van der Waals surface area contributed by atoms with Gasteiger partial charge in [0.15, 0.2) is 6.54 Å². The van der Waals surface area contributed by atoms with Gasteiger partial charge in [0.05, 0.1) is 36.6 Å². The Morgan fingerprint density at radius 1 is 1.23 bits per heavy atom. The number of halogens is 3. The van der Waals surface area contributed by atoms with Crippen molar-refractivity contribution < 1.29 is 32.4 Å². The normalized spacial score (nSPS) is 22.1. The number of alkyl halides is 3.